The van der Waals surface area contributed by atoms with Gasteiger partial charge in [-0.3, -0.25) is 0 Å². The maximum absolute atomic E-state index is 10.3. The van der Waals surface area contributed by atoms with Crippen molar-refractivity contribution in [2.45, 2.75) is 33.8 Å². The van der Waals surface area contributed by atoms with Gasteiger partial charge >= 0.3 is 0 Å². The van der Waals surface area contributed by atoms with Crippen molar-refractivity contribution in [2.75, 3.05) is 0 Å². The van der Waals surface area contributed by atoms with Gasteiger partial charge in [-0.05, 0) is 37.5 Å². The molecule has 0 aromatic heterocycles. The number of hydrogen-bond donors (Lipinski definition) is 1. The quantitative estimate of drug-likeness (QED) is 0.808. The van der Waals surface area contributed by atoms with Crippen LogP contribution in [0.5, 0.6) is 0 Å². The predicted octanol–water partition coefficient (Wildman–Crippen LogP) is 3.36. The lowest BCUT2D eigenvalue weighted by atomic mass is 9.89. The summed E-state index contributed by atoms with van der Waals surface area (Å²) in [6.07, 6.45) is 2.61. The second-order valence-corrected chi connectivity index (χ2v) is 4.60. The van der Waals surface area contributed by atoms with Crippen molar-refractivity contribution in [3.63, 3.8) is 0 Å². The highest BCUT2D eigenvalue weighted by Crippen LogP contribution is 2.29. The van der Waals surface area contributed by atoms with E-state index in [0.29, 0.717) is 0 Å². The van der Waals surface area contributed by atoms with Crippen molar-refractivity contribution in [3.05, 3.63) is 46.5 Å². The number of aliphatic hydroxyl groups excluding tert-OH is 1. The SMILES string of the molecule is Cc1cc(C)c([C@@H](O)[C@@H](C)/C=C\C#N)c(C)c1. The van der Waals surface area contributed by atoms with Gasteiger partial charge in [-0.1, -0.05) is 30.7 Å². The van der Waals surface area contributed by atoms with Gasteiger partial charge < -0.3 is 5.11 Å². The Hall–Kier alpha value is -1.59. The number of nitriles is 1. The van der Waals surface area contributed by atoms with Crippen LogP contribution in [0.2, 0.25) is 0 Å². The number of benzene rings is 1. The minimum absolute atomic E-state index is 0.0604. The first-order valence-electron chi connectivity index (χ1n) is 5.79. The Labute approximate surface area is 103 Å². The van der Waals surface area contributed by atoms with E-state index in [-0.39, 0.29) is 5.92 Å². The molecule has 2 heteroatoms. The highest BCUT2D eigenvalue weighted by molar-refractivity contribution is 5.39. The molecule has 0 heterocycles. The minimum Gasteiger partial charge on any atom is -0.388 e. The Bertz CT molecular complexity index is 445. The molecule has 0 aliphatic carbocycles. The number of hydrogen-bond acceptors (Lipinski definition) is 2. The molecule has 1 N–H and O–H groups in total. The maximum Gasteiger partial charge on any atom is 0.0908 e. The lowest BCUT2D eigenvalue weighted by Crippen LogP contribution is -2.10. The lowest BCUT2D eigenvalue weighted by Gasteiger charge is -2.21. The summed E-state index contributed by atoms with van der Waals surface area (Å²) >= 11 is 0. The molecule has 2 atom stereocenters. The second kappa shape index (κ2) is 5.65. The normalized spacial score (nSPS) is 14.6. The maximum atomic E-state index is 10.3. The Morgan fingerprint density at radius 1 is 1.24 bits per heavy atom. The molecule has 90 valence electrons. The van der Waals surface area contributed by atoms with Crippen LogP contribution in [0.3, 0.4) is 0 Å². The molecular weight excluding hydrogens is 210 g/mol. The average molecular weight is 229 g/mol. The molecule has 0 aliphatic rings. The van der Waals surface area contributed by atoms with Gasteiger partial charge in [0.1, 0.15) is 0 Å². The lowest BCUT2D eigenvalue weighted by molar-refractivity contribution is 0.138. The Balaban J connectivity index is 3.09. The molecule has 0 bridgehead atoms. The molecule has 1 aromatic rings. The summed E-state index contributed by atoms with van der Waals surface area (Å²) in [5.74, 6) is -0.0604. The Morgan fingerprint density at radius 3 is 2.24 bits per heavy atom. The molecule has 1 rings (SSSR count). The summed E-state index contributed by atoms with van der Waals surface area (Å²) in [5, 5.41) is 18.8. The number of aliphatic hydroxyl groups is 1. The first-order valence-corrected chi connectivity index (χ1v) is 5.79. The fraction of sp³-hybridized carbons (Fsp3) is 0.400. The van der Waals surface area contributed by atoms with Crippen molar-refractivity contribution >= 4 is 0 Å². The first-order chi connectivity index (χ1) is 7.97. The Kier molecular flexibility index (Phi) is 4.48. The van der Waals surface area contributed by atoms with Gasteiger partial charge in [-0.25, -0.2) is 0 Å². The van der Waals surface area contributed by atoms with Crippen LogP contribution in [-0.4, -0.2) is 5.11 Å². The van der Waals surface area contributed by atoms with Gasteiger partial charge in [0.05, 0.1) is 12.2 Å². The molecule has 0 amide bonds. The highest BCUT2D eigenvalue weighted by atomic mass is 16.3. The van der Waals surface area contributed by atoms with E-state index in [1.54, 1.807) is 6.08 Å². The van der Waals surface area contributed by atoms with E-state index in [1.165, 1.54) is 11.6 Å². The van der Waals surface area contributed by atoms with Crippen LogP contribution in [0, 0.1) is 38.0 Å². The molecule has 0 saturated carbocycles. The number of aryl methyl sites for hydroxylation is 3. The summed E-state index contributed by atoms with van der Waals surface area (Å²) in [4.78, 5) is 0. The topological polar surface area (TPSA) is 44.0 Å². The zero-order valence-corrected chi connectivity index (χ0v) is 10.9. The van der Waals surface area contributed by atoms with Crippen LogP contribution in [-0.2, 0) is 0 Å². The molecule has 17 heavy (non-hydrogen) atoms. The second-order valence-electron chi connectivity index (χ2n) is 4.60. The molecule has 0 aliphatic heterocycles. The fourth-order valence-electron chi connectivity index (χ4n) is 2.22. The highest BCUT2D eigenvalue weighted by Gasteiger charge is 2.18. The molecule has 0 radical (unpaired) electrons. The first kappa shape index (κ1) is 13.5. The standard InChI is InChI=1S/C15H19NO/c1-10-8-12(3)14(13(4)9-10)15(17)11(2)6-5-7-16/h5-6,8-9,11,15,17H,1-4H3/b6-5-/t11-,15-/m0/s1. The number of allylic oxidation sites excluding steroid dienone is 1. The van der Waals surface area contributed by atoms with Gasteiger partial charge in [-0.2, -0.15) is 5.26 Å². The van der Waals surface area contributed by atoms with Crippen LogP contribution in [0.4, 0.5) is 0 Å². The summed E-state index contributed by atoms with van der Waals surface area (Å²) in [7, 11) is 0. The van der Waals surface area contributed by atoms with Crippen LogP contribution in [0.15, 0.2) is 24.3 Å². The van der Waals surface area contributed by atoms with E-state index in [2.05, 4.69) is 19.1 Å². The third-order valence-electron chi connectivity index (χ3n) is 3.01. The van der Waals surface area contributed by atoms with Gasteiger partial charge in [0.15, 0.2) is 0 Å². The minimum atomic E-state index is -0.555. The van der Waals surface area contributed by atoms with Gasteiger partial charge in [0.2, 0.25) is 0 Å². The Morgan fingerprint density at radius 2 is 1.76 bits per heavy atom. The van der Waals surface area contributed by atoms with E-state index < -0.39 is 6.10 Å². The van der Waals surface area contributed by atoms with Crippen molar-refractivity contribution in [1.82, 2.24) is 0 Å². The van der Waals surface area contributed by atoms with Gasteiger partial charge in [-0.15, -0.1) is 0 Å². The van der Waals surface area contributed by atoms with Crippen molar-refractivity contribution in [3.8, 4) is 6.07 Å². The zero-order valence-electron chi connectivity index (χ0n) is 10.9. The molecule has 1 aromatic carbocycles. The van der Waals surface area contributed by atoms with Crippen LogP contribution in [0.25, 0.3) is 0 Å². The average Bonchev–Trinajstić information content (AvgIpc) is 2.24. The number of nitrogens with zero attached hydrogens (tertiary/aromatic N) is 1. The molecule has 0 unspecified atom stereocenters. The summed E-state index contributed by atoms with van der Waals surface area (Å²) in [6, 6.07) is 6.10. The third-order valence-corrected chi connectivity index (χ3v) is 3.01. The van der Waals surface area contributed by atoms with Gasteiger partial charge in [0.25, 0.3) is 0 Å². The van der Waals surface area contributed by atoms with Crippen molar-refractivity contribution < 1.29 is 5.11 Å². The van der Waals surface area contributed by atoms with Crippen LogP contribution < -0.4 is 0 Å². The van der Waals surface area contributed by atoms with E-state index in [0.717, 1.165) is 16.7 Å². The van der Waals surface area contributed by atoms with E-state index in [9.17, 15) is 5.11 Å². The van der Waals surface area contributed by atoms with Crippen LogP contribution >= 0.6 is 0 Å². The smallest absolute Gasteiger partial charge is 0.0908 e. The van der Waals surface area contributed by atoms with Crippen molar-refractivity contribution in [1.29, 1.82) is 5.26 Å². The predicted molar refractivity (Wildman–Crippen MR) is 69.5 cm³/mol. The van der Waals surface area contributed by atoms with E-state index in [1.807, 2.05) is 26.8 Å². The largest absolute Gasteiger partial charge is 0.388 e. The zero-order chi connectivity index (χ0) is 13.0. The summed E-state index contributed by atoms with van der Waals surface area (Å²) in [6.45, 7) is 7.99. The summed E-state index contributed by atoms with van der Waals surface area (Å²) < 4.78 is 0. The molecule has 0 spiro atoms. The fourth-order valence-corrected chi connectivity index (χ4v) is 2.22. The molecule has 2 nitrogen and oxygen atoms in total. The summed E-state index contributed by atoms with van der Waals surface area (Å²) in [5.41, 5.74) is 4.39. The third kappa shape index (κ3) is 3.18. The van der Waals surface area contributed by atoms with E-state index >= 15 is 0 Å². The molecule has 0 fully saturated rings. The van der Waals surface area contributed by atoms with Gasteiger partial charge in [0, 0.05) is 12.0 Å². The molecule has 0 saturated heterocycles. The van der Waals surface area contributed by atoms with Crippen LogP contribution in [0.1, 0.15) is 35.3 Å². The monoisotopic (exact) mass is 229 g/mol. The molecular formula is C15H19NO. The van der Waals surface area contributed by atoms with Crippen molar-refractivity contribution in [2.24, 2.45) is 5.92 Å². The van der Waals surface area contributed by atoms with E-state index in [4.69, 9.17) is 5.26 Å². The number of rotatable bonds is 3.